The molecule has 22 heavy (non-hydrogen) atoms. The summed E-state index contributed by atoms with van der Waals surface area (Å²) in [5.41, 5.74) is 1.63. The smallest absolute Gasteiger partial charge is 0.208 e. The van der Waals surface area contributed by atoms with Crippen molar-refractivity contribution in [2.75, 3.05) is 0 Å². The lowest BCUT2D eigenvalue weighted by atomic mass is 10.1. The second-order valence-electron chi connectivity index (χ2n) is 5.18. The van der Waals surface area contributed by atoms with E-state index in [1.807, 2.05) is 43.3 Å². The Morgan fingerprint density at radius 1 is 1.09 bits per heavy atom. The Hall–Kier alpha value is -2.16. The number of aryl methyl sites for hydroxylation is 1. The van der Waals surface area contributed by atoms with E-state index in [0.717, 1.165) is 12.8 Å². The Bertz CT molecular complexity index is 747. The summed E-state index contributed by atoms with van der Waals surface area (Å²) >= 11 is 0. The molecule has 0 fully saturated rings. The van der Waals surface area contributed by atoms with Gasteiger partial charge in [0.1, 0.15) is 0 Å². The van der Waals surface area contributed by atoms with Gasteiger partial charge >= 0.3 is 0 Å². The molecule has 0 aliphatic rings. The highest BCUT2D eigenvalue weighted by Crippen LogP contribution is 2.12. The number of sulfonamides is 1. The Kier molecular flexibility index (Phi) is 5.31. The predicted molar refractivity (Wildman–Crippen MR) is 85.7 cm³/mol. The van der Waals surface area contributed by atoms with Gasteiger partial charge in [-0.15, -0.1) is 0 Å². The molecule has 0 aliphatic heterocycles. The number of nitrogens with one attached hydrogen (secondary N) is 1. The monoisotopic (exact) mass is 314 g/mol. The Balaban J connectivity index is 1.97. The third-order valence-electron chi connectivity index (χ3n) is 3.36. The number of nitriles is 1. The molecule has 2 aromatic rings. The first-order valence-corrected chi connectivity index (χ1v) is 8.56. The molecule has 5 heteroatoms. The molecule has 0 aliphatic carbocycles. The van der Waals surface area contributed by atoms with E-state index in [4.69, 9.17) is 5.26 Å². The van der Waals surface area contributed by atoms with Crippen LogP contribution >= 0.6 is 0 Å². The van der Waals surface area contributed by atoms with Gasteiger partial charge in [-0.05, 0) is 49.6 Å². The zero-order valence-corrected chi connectivity index (χ0v) is 13.2. The summed E-state index contributed by atoms with van der Waals surface area (Å²) in [6.07, 6.45) is 1.54. The fraction of sp³-hybridized carbons (Fsp3) is 0.235. The van der Waals surface area contributed by atoms with Crippen LogP contribution in [0.15, 0.2) is 59.5 Å². The van der Waals surface area contributed by atoms with Gasteiger partial charge in [-0.3, -0.25) is 0 Å². The van der Waals surface area contributed by atoms with Crippen LogP contribution in [-0.4, -0.2) is 14.5 Å². The molecular formula is C17H18N2O2S. The van der Waals surface area contributed by atoms with Crippen LogP contribution in [0.1, 0.15) is 24.5 Å². The first kappa shape index (κ1) is 16.2. The summed E-state index contributed by atoms with van der Waals surface area (Å²) in [4.78, 5) is 0.179. The van der Waals surface area contributed by atoms with Crippen LogP contribution in [0.3, 0.4) is 0 Å². The minimum atomic E-state index is -3.55. The summed E-state index contributed by atoms with van der Waals surface area (Å²) < 4.78 is 27.2. The van der Waals surface area contributed by atoms with E-state index >= 15 is 0 Å². The van der Waals surface area contributed by atoms with Gasteiger partial charge in [0, 0.05) is 6.04 Å². The van der Waals surface area contributed by atoms with Gasteiger partial charge in [-0.1, -0.05) is 30.3 Å². The molecule has 1 N–H and O–H groups in total. The van der Waals surface area contributed by atoms with Crippen molar-refractivity contribution in [2.24, 2.45) is 0 Å². The van der Waals surface area contributed by atoms with E-state index in [-0.39, 0.29) is 10.9 Å². The average molecular weight is 314 g/mol. The predicted octanol–water partition coefficient (Wildman–Crippen LogP) is 2.86. The quantitative estimate of drug-likeness (QED) is 0.891. The molecule has 114 valence electrons. The van der Waals surface area contributed by atoms with Gasteiger partial charge < -0.3 is 0 Å². The summed E-state index contributed by atoms with van der Waals surface area (Å²) in [5.74, 6) is 0. The lowest BCUT2D eigenvalue weighted by molar-refractivity contribution is 0.547. The standard InChI is InChI=1S/C17H18N2O2S/c1-14(7-8-15-5-3-2-4-6-15)19-22(20,21)17-11-9-16(13-18)10-12-17/h2-6,9-12,14,19H,7-8H2,1H3. The number of benzene rings is 2. The lowest BCUT2D eigenvalue weighted by Gasteiger charge is -2.14. The third kappa shape index (κ3) is 4.42. The molecule has 2 rings (SSSR count). The Morgan fingerprint density at radius 2 is 1.73 bits per heavy atom. The zero-order valence-electron chi connectivity index (χ0n) is 12.4. The normalized spacial score (nSPS) is 12.5. The van der Waals surface area contributed by atoms with Crippen molar-refractivity contribution in [3.63, 3.8) is 0 Å². The lowest BCUT2D eigenvalue weighted by Crippen LogP contribution is -2.32. The first-order valence-electron chi connectivity index (χ1n) is 7.08. The van der Waals surface area contributed by atoms with E-state index in [2.05, 4.69) is 4.72 Å². The van der Waals surface area contributed by atoms with E-state index < -0.39 is 10.0 Å². The van der Waals surface area contributed by atoms with Gasteiger partial charge in [0.2, 0.25) is 10.0 Å². The van der Waals surface area contributed by atoms with Crippen molar-refractivity contribution < 1.29 is 8.42 Å². The van der Waals surface area contributed by atoms with Crippen molar-refractivity contribution in [1.82, 2.24) is 4.72 Å². The van der Waals surface area contributed by atoms with Gasteiger partial charge in [-0.25, -0.2) is 13.1 Å². The van der Waals surface area contributed by atoms with Crippen LogP contribution in [-0.2, 0) is 16.4 Å². The van der Waals surface area contributed by atoms with Crippen LogP contribution in [0.2, 0.25) is 0 Å². The fourth-order valence-electron chi connectivity index (χ4n) is 2.13. The largest absolute Gasteiger partial charge is 0.240 e. The fourth-order valence-corrected chi connectivity index (χ4v) is 3.41. The SMILES string of the molecule is CC(CCc1ccccc1)NS(=O)(=O)c1ccc(C#N)cc1. The number of rotatable bonds is 6. The maximum atomic E-state index is 12.3. The van der Waals surface area contributed by atoms with Crippen molar-refractivity contribution in [2.45, 2.75) is 30.7 Å². The highest BCUT2D eigenvalue weighted by molar-refractivity contribution is 7.89. The van der Waals surface area contributed by atoms with Gasteiger partial charge in [-0.2, -0.15) is 5.26 Å². The molecule has 4 nitrogen and oxygen atoms in total. The van der Waals surface area contributed by atoms with Crippen molar-refractivity contribution >= 4 is 10.0 Å². The highest BCUT2D eigenvalue weighted by Gasteiger charge is 2.17. The van der Waals surface area contributed by atoms with Crippen LogP contribution < -0.4 is 4.72 Å². The summed E-state index contributed by atoms with van der Waals surface area (Å²) in [6.45, 7) is 1.85. The second-order valence-corrected chi connectivity index (χ2v) is 6.90. The molecule has 0 radical (unpaired) electrons. The van der Waals surface area contributed by atoms with Gasteiger partial charge in [0.25, 0.3) is 0 Å². The molecule has 0 amide bonds. The topological polar surface area (TPSA) is 70.0 Å². The summed E-state index contributed by atoms with van der Waals surface area (Å²) in [5, 5.41) is 8.74. The molecule has 0 saturated heterocycles. The Labute approximate surface area is 131 Å². The van der Waals surface area contributed by atoms with E-state index in [9.17, 15) is 8.42 Å². The van der Waals surface area contributed by atoms with Gasteiger partial charge in [0.15, 0.2) is 0 Å². The maximum Gasteiger partial charge on any atom is 0.240 e. The van der Waals surface area contributed by atoms with E-state index in [1.165, 1.54) is 29.8 Å². The van der Waals surface area contributed by atoms with Crippen LogP contribution in [0.4, 0.5) is 0 Å². The average Bonchev–Trinajstić information content (AvgIpc) is 2.53. The van der Waals surface area contributed by atoms with E-state index in [1.54, 1.807) is 0 Å². The van der Waals surface area contributed by atoms with Crippen LogP contribution in [0, 0.1) is 11.3 Å². The van der Waals surface area contributed by atoms with Crippen molar-refractivity contribution in [3.05, 3.63) is 65.7 Å². The molecule has 0 bridgehead atoms. The summed E-state index contributed by atoms with van der Waals surface area (Å²) in [7, 11) is -3.55. The number of hydrogen-bond acceptors (Lipinski definition) is 3. The third-order valence-corrected chi connectivity index (χ3v) is 4.96. The second kappa shape index (κ2) is 7.21. The molecule has 1 unspecified atom stereocenters. The number of hydrogen-bond donors (Lipinski definition) is 1. The summed E-state index contributed by atoms with van der Waals surface area (Å²) in [6, 6.07) is 17.7. The zero-order chi connectivity index (χ0) is 16.0. The number of nitrogens with zero attached hydrogens (tertiary/aromatic N) is 1. The van der Waals surface area contributed by atoms with Crippen LogP contribution in [0.25, 0.3) is 0 Å². The highest BCUT2D eigenvalue weighted by atomic mass is 32.2. The maximum absolute atomic E-state index is 12.3. The van der Waals surface area contributed by atoms with Gasteiger partial charge in [0.05, 0.1) is 16.5 Å². The molecule has 0 saturated carbocycles. The Morgan fingerprint density at radius 3 is 2.32 bits per heavy atom. The minimum absolute atomic E-state index is 0.166. The van der Waals surface area contributed by atoms with Crippen molar-refractivity contribution in [3.8, 4) is 6.07 Å². The first-order chi connectivity index (χ1) is 10.5. The molecule has 0 aromatic heterocycles. The minimum Gasteiger partial charge on any atom is -0.208 e. The molecular weight excluding hydrogens is 296 g/mol. The van der Waals surface area contributed by atoms with E-state index in [0.29, 0.717) is 5.56 Å². The van der Waals surface area contributed by atoms with Crippen molar-refractivity contribution in [1.29, 1.82) is 5.26 Å². The molecule has 2 aromatic carbocycles. The molecule has 0 spiro atoms. The van der Waals surface area contributed by atoms with Crippen LogP contribution in [0.5, 0.6) is 0 Å². The molecule has 1 atom stereocenters. The molecule has 0 heterocycles.